The highest BCUT2D eigenvalue weighted by molar-refractivity contribution is 9.10. The molecule has 1 atom stereocenters. The van der Waals surface area contributed by atoms with E-state index in [0.717, 1.165) is 19.3 Å². The van der Waals surface area contributed by atoms with Crippen LogP contribution in [0.3, 0.4) is 0 Å². The molecule has 1 unspecified atom stereocenters. The fourth-order valence-electron chi connectivity index (χ4n) is 2.73. The van der Waals surface area contributed by atoms with Crippen molar-refractivity contribution < 1.29 is 4.92 Å². The Morgan fingerprint density at radius 2 is 2.26 bits per heavy atom. The molecule has 0 bridgehead atoms. The molecule has 6 heteroatoms. The molecule has 2 rings (SSSR count). The SMILES string of the molecule is CC1(C)CCCC(Nc2c(Br)cncc2[N+](=O)[O-])C1. The quantitative estimate of drug-likeness (QED) is 0.669. The van der Waals surface area contributed by atoms with Crippen LogP contribution in [0.4, 0.5) is 11.4 Å². The average Bonchev–Trinajstić information content (AvgIpc) is 2.30. The summed E-state index contributed by atoms with van der Waals surface area (Å²) in [6.07, 6.45) is 7.32. The van der Waals surface area contributed by atoms with Gasteiger partial charge in [0.25, 0.3) is 0 Å². The monoisotopic (exact) mass is 327 g/mol. The highest BCUT2D eigenvalue weighted by atomic mass is 79.9. The van der Waals surface area contributed by atoms with Crippen molar-refractivity contribution in [1.29, 1.82) is 0 Å². The molecule has 5 nitrogen and oxygen atoms in total. The van der Waals surface area contributed by atoms with Gasteiger partial charge in [0.2, 0.25) is 0 Å². The van der Waals surface area contributed by atoms with Gasteiger partial charge < -0.3 is 5.32 Å². The third kappa shape index (κ3) is 3.43. The second-order valence-electron chi connectivity index (χ2n) is 5.87. The first-order chi connectivity index (χ1) is 8.89. The third-order valence-electron chi connectivity index (χ3n) is 3.63. The molecule has 104 valence electrons. The third-order valence-corrected chi connectivity index (χ3v) is 4.23. The van der Waals surface area contributed by atoms with Crippen LogP contribution in [0.15, 0.2) is 16.9 Å². The number of anilines is 1. The summed E-state index contributed by atoms with van der Waals surface area (Å²) >= 11 is 3.34. The minimum Gasteiger partial charge on any atom is -0.376 e. The van der Waals surface area contributed by atoms with Crippen molar-refractivity contribution in [3.63, 3.8) is 0 Å². The number of nitrogens with zero attached hydrogens (tertiary/aromatic N) is 2. The number of nitrogens with one attached hydrogen (secondary N) is 1. The molecule has 19 heavy (non-hydrogen) atoms. The van der Waals surface area contributed by atoms with Crippen LogP contribution in [0.2, 0.25) is 0 Å². The number of aromatic nitrogens is 1. The maximum Gasteiger partial charge on any atom is 0.311 e. The maximum absolute atomic E-state index is 11.0. The van der Waals surface area contributed by atoms with Crippen molar-refractivity contribution in [2.45, 2.75) is 45.6 Å². The molecule has 1 aromatic rings. The lowest BCUT2D eigenvalue weighted by molar-refractivity contribution is -0.384. The van der Waals surface area contributed by atoms with Crippen LogP contribution in [-0.2, 0) is 0 Å². The first-order valence-electron chi connectivity index (χ1n) is 6.43. The normalized spacial score (nSPS) is 21.9. The van der Waals surface area contributed by atoms with Gasteiger partial charge in [0, 0.05) is 12.2 Å². The molecule has 0 saturated heterocycles. The summed E-state index contributed by atoms with van der Waals surface area (Å²) in [6.45, 7) is 4.49. The van der Waals surface area contributed by atoms with E-state index in [0.29, 0.717) is 15.6 Å². The predicted molar refractivity (Wildman–Crippen MR) is 78.3 cm³/mol. The Hall–Kier alpha value is -1.17. The topological polar surface area (TPSA) is 68.1 Å². The Bertz CT molecular complexity index is 491. The average molecular weight is 328 g/mol. The van der Waals surface area contributed by atoms with E-state index < -0.39 is 4.92 Å². The lowest BCUT2D eigenvalue weighted by Gasteiger charge is -2.36. The van der Waals surface area contributed by atoms with Crippen molar-refractivity contribution in [2.24, 2.45) is 5.41 Å². The van der Waals surface area contributed by atoms with Gasteiger partial charge in [-0.15, -0.1) is 0 Å². The van der Waals surface area contributed by atoms with E-state index >= 15 is 0 Å². The van der Waals surface area contributed by atoms with Crippen LogP contribution in [0.1, 0.15) is 39.5 Å². The molecule has 0 amide bonds. The van der Waals surface area contributed by atoms with Crippen LogP contribution in [-0.4, -0.2) is 15.9 Å². The number of hydrogen-bond donors (Lipinski definition) is 1. The molecule has 0 aliphatic heterocycles. The first-order valence-corrected chi connectivity index (χ1v) is 7.23. The minimum absolute atomic E-state index is 0.0257. The summed E-state index contributed by atoms with van der Waals surface area (Å²) in [5.74, 6) is 0. The smallest absolute Gasteiger partial charge is 0.311 e. The van der Waals surface area contributed by atoms with Crippen molar-refractivity contribution in [3.05, 3.63) is 27.0 Å². The summed E-state index contributed by atoms with van der Waals surface area (Å²) in [6, 6.07) is 0.279. The van der Waals surface area contributed by atoms with E-state index in [1.165, 1.54) is 12.6 Å². The zero-order chi connectivity index (χ0) is 14.0. The lowest BCUT2D eigenvalue weighted by Crippen LogP contribution is -2.32. The maximum atomic E-state index is 11.0. The molecule has 1 N–H and O–H groups in total. The van der Waals surface area contributed by atoms with Crippen molar-refractivity contribution in [2.75, 3.05) is 5.32 Å². The highest BCUT2D eigenvalue weighted by Gasteiger charge is 2.29. The first kappa shape index (κ1) is 14.2. The lowest BCUT2D eigenvalue weighted by atomic mass is 9.75. The number of pyridine rings is 1. The molecule has 1 heterocycles. The zero-order valence-electron chi connectivity index (χ0n) is 11.1. The molecule has 1 aliphatic rings. The Kier molecular flexibility index (Phi) is 4.08. The molecule has 1 saturated carbocycles. The van der Waals surface area contributed by atoms with E-state index in [-0.39, 0.29) is 11.7 Å². The van der Waals surface area contributed by atoms with Gasteiger partial charge in [-0.3, -0.25) is 15.1 Å². The largest absolute Gasteiger partial charge is 0.376 e. The Balaban J connectivity index is 2.21. The molecule has 1 aliphatic carbocycles. The fourth-order valence-corrected chi connectivity index (χ4v) is 3.17. The van der Waals surface area contributed by atoms with E-state index in [2.05, 4.69) is 40.1 Å². The van der Waals surface area contributed by atoms with E-state index in [1.807, 2.05) is 0 Å². The molecule has 0 radical (unpaired) electrons. The predicted octanol–water partition coefficient (Wildman–Crippen LogP) is 4.13. The van der Waals surface area contributed by atoms with Crippen LogP contribution < -0.4 is 5.32 Å². The van der Waals surface area contributed by atoms with Crippen LogP contribution in [0, 0.1) is 15.5 Å². The molecule has 0 aromatic carbocycles. The van der Waals surface area contributed by atoms with Crippen molar-refractivity contribution in [3.8, 4) is 0 Å². The standard InChI is InChI=1S/C13H18BrN3O2/c1-13(2)5-3-4-9(6-13)16-12-10(14)7-15-8-11(12)17(18)19/h7-9H,3-6H2,1-2H3,(H,15,16). The van der Waals surface area contributed by atoms with Crippen LogP contribution in [0.25, 0.3) is 0 Å². The Labute approximate surface area is 121 Å². The molecule has 0 spiro atoms. The molecule has 1 aromatic heterocycles. The van der Waals surface area contributed by atoms with Gasteiger partial charge in [0.15, 0.2) is 0 Å². The zero-order valence-corrected chi connectivity index (χ0v) is 12.7. The van der Waals surface area contributed by atoms with Gasteiger partial charge in [-0.1, -0.05) is 20.3 Å². The second-order valence-corrected chi connectivity index (χ2v) is 6.73. The van der Waals surface area contributed by atoms with Crippen molar-refractivity contribution in [1.82, 2.24) is 4.98 Å². The van der Waals surface area contributed by atoms with Crippen LogP contribution in [0.5, 0.6) is 0 Å². The summed E-state index contributed by atoms with van der Waals surface area (Å²) in [4.78, 5) is 14.5. The summed E-state index contributed by atoms with van der Waals surface area (Å²) < 4.78 is 0.644. The number of hydrogen-bond acceptors (Lipinski definition) is 4. The van der Waals surface area contributed by atoms with Gasteiger partial charge >= 0.3 is 5.69 Å². The molecular formula is C13H18BrN3O2. The van der Waals surface area contributed by atoms with Crippen molar-refractivity contribution >= 4 is 27.3 Å². The van der Waals surface area contributed by atoms with Gasteiger partial charge in [-0.2, -0.15) is 0 Å². The van der Waals surface area contributed by atoms with Gasteiger partial charge in [-0.25, -0.2) is 0 Å². The summed E-state index contributed by atoms with van der Waals surface area (Å²) in [5.41, 5.74) is 0.866. The Morgan fingerprint density at radius 3 is 2.89 bits per heavy atom. The highest BCUT2D eigenvalue weighted by Crippen LogP contribution is 2.39. The van der Waals surface area contributed by atoms with Crippen LogP contribution >= 0.6 is 15.9 Å². The number of nitro groups is 1. The molecular weight excluding hydrogens is 310 g/mol. The number of halogens is 1. The van der Waals surface area contributed by atoms with Gasteiger partial charge in [0.1, 0.15) is 11.9 Å². The number of rotatable bonds is 3. The van der Waals surface area contributed by atoms with E-state index in [1.54, 1.807) is 6.20 Å². The minimum atomic E-state index is -0.395. The van der Waals surface area contributed by atoms with Gasteiger partial charge in [0.05, 0.1) is 9.40 Å². The summed E-state index contributed by atoms with van der Waals surface area (Å²) in [7, 11) is 0. The summed E-state index contributed by atoms with van der Waals surface area (Å²) in [5, 5.41) is 14.4. The second kappa shape index (κ2) is 5.45. The van der Waals surface area contributed by atoms with Gasteiger partial charge in [-0.05, 0) is 40.6 Å². The fraction of sp³-hybridized carbons (Fsp3) is 0.615. The van der Waals surface area contributed by atoms with E-state index in [4.69, 9.17) is 0 Å². The Morgan fingerprint density at radius 1 is 1.53 bits per heavy atom. The van der Waals surface area contributed by atoms with E-state index in [9.17, 15) is 10.1 Å². The molecule has 1 fully saturated rings.